The molecule has 0 bridgehead atoms. The van der Waals surface area contributed by atoms with Crippen LogP contribution >= 0.6 is 11.3 Å². The van der Waals surface area contributed by atoms with E-state index in [1.54, 1.807) is 49.6 Å². The molecule has 2 N–H and O–H groups in total. The van der Waals surface area contributed by atoms with Crippen LogP contribution in [0.2, 0.25) is 0 Å². The smallest absolute Gasteiger partial charge is 0.319 e. The average molecular weight is 356 g/mol. The zero-order valence-corrected chi connectivity index (χ0v) is 14.3. The standard InChI is InChI=1S/C18H16N2O4S/c1-23-13-6-4-12(5-7-13)20-18(22)19-11-14-8-9-16(25-14)17(21)15-3-2-10-24-15/h2-10H,11H2,1H3,(H2,19,20,22). The van der Waals surface area contributed by atoms with Crippen LogP contribution in [0.3, 0.4) is 0 Å². The van der Waals surface area contributed by atoms with Gasteiger partial charge in [0.25, 0.3) is 0 Å². The van der Waals surface area contributed by atoms with E-state index in [0.29, 0.717) is 22.9 Å². The lowest BCUT2D eigenvalue weighted by atomic mass is 10.2. The number of nitrogens with one attached hydrogen (secondary N) is 2. The molecule has 6 nitrogen and oxygen atoms in total. The van der Waals surface area contributed by atoms with E-state index in [2.05, 4.69) is 10.6 Å². The number of carbonyl (C=O) groups excluding carboxylic acids is 2. The zero-order valence-electron chi connectivity index (χ0n) is 13.4. The predicted octanol–water partition coefficient (Wildman–Crippen LogP) is 3.90. The van der Waals surface area contributed by atoms with Crippen LogP contribution in [0.1, 0.15) is 20.3 Å². The number of hydrogen-bond donors (Lipinski definition) is 2. The first-order chi connectivity index (χ1) is 12.2. The van der Waals surface area contributed by atoms with Crippen molar-refractivity contribution in [1.82, 2.24) is 5.32 Å². The minimum Gasteiger partial charge on any atom is -0.497 e. The molecule has 2 amide bonds. The van der Waals surface area contributed by atoms with Crippen molar-refractivity contribution in [2.45, 2.75) is 6.54 Å². The molecule has 7 heteroatoms. The Labute approximate surface area is 148 Å². The van der Waals surface area contributed by atoms with E-state index in [0.717, 1.165) is 10.6 Å². The average Bonchev–Trinajstić information content (AvgIpc) is 3.32. The van der Waals surface area contributed by atoms with Gasteiger partial charge in [0.15, 0.2) is 5.76 Å². The fourth-order valence-electron chi connectivity index (χ4n) is 2.14. The fourth-order valence-corrected chi connectivity index (χ4v) is 3.03. The summed E-state index contributed by atoms with van der Waals surface area (Å²) in [6.07, 6.45) is 1.47. The number of anilines is 1. The lowest BCUT2D eigenvalue weighted by Gasteiger charge is -2.07. The second kappa shape index (κ2) is 7.67. The molecule has 3 rings (SSSR count). The quantitative estimate of drug-likeness (QED) is 0.656. The third kappa shape index (κ3) is 4.27. The number of thiophene rings is 1. The van der Waals surface area contributed by atoms with E-state index < -0.39 is 0 Å². The van der Waals surface area contributed by atoms with Crippen LogP contribution in [0, 0.1) is 0 Å². The van der Waals surface area contributed by atoms with E-state index in [1.807, 2.05) is 6.07 Å². The number of urea groups is 1. The van der Waals surface area contributed by atoms with E-state index in [9.17, 15) is 9.59 Å². The molecule has 2 aromatic heterocycles. The summed E-state index contributed by atoms with van der Waals surface area (Å²) < 4.78 is 10.2. The molecule has 0 spiro atoms. The van der Waals surface area contributed by atoms with Crippen LogP contribution in [0.25, 0.3) is 0 Å². The number of amides is 2. The monoisotopic (exact) mass is 356 g/mol. The molecule has 0 radical (unpaired) electrons. The van der Waals surface area contributed by atoms with Gasteiger partial charge in [0.05, 0.1) is 24.8 Å². The van der Waals surface area contributed by atoms with E-state index in [4.69, 9.17) is 9.15 Å². The maximum absolute atomic E-state index is 12.2. The first kappa shape index (κ1) is 16.8. The Kier molecular flexibility index (Phi) is 5.15. The van der Waals surface area contributed by atoms with Crippen molar-refractivity contribution in [3.8, 4) is 5.75 Å². The Hall–Kier alpha value is -3.06. The molecular weight excluding hydrogens is 340 g/mol. The third-order valence-corrected chi connectivity index (χ3v) is 4.49. The molecule has 25 heavy (non-hydrogen) atoms. The lowest BCUT2D eigenvalue weighted by molar-refractivity contribution is 0.101. The summed E-state index contributed by atoms with van der Waals surface area (Å²) in [6.45, 7) is 0.331. The van der Waals surface area contributed by atoms with Crippen LogP contribution in [0.4, 0.5) is 10.5 Å². The normalized spacial score (nSPS) is 10.3. The first-order valence-electron chi connectivity index (χ1n) is 7.51. The van der Waals surface area contributed by atoms with Gasteiger partial charge in [0.2, 0.25) is 5.78 Å². The number of rotatable bonds is 6. The number of methoxy groups -OCH3 is 1. The number of carbonyl (C=O) groups is 2. The first-order valence-corrected chi connectivity index (χ1v) is 8.33. The molecule has 0 atom stereocenters. The summed E-state index contributed by atoms with van der Waals surface area (Å²) in [7, 11) is 1.58. The Balaban J connectivity index is 1.53. The largest absolute Gasteiger partial charge is 0.497 e. The number of hydrogen-bond acceptors (Lipinski definition) is 5. The van der Waals surface area contributed by atoms with Crippen LogP contribution < -0.4 is 15.4 Å². The molecule has 0 saturated carbocycles. The SMILES string of the molecule is COc1ccc(NC(=O)NCc2ccc(C(=O)c3ccco3)s2)cc1. The van der Waals surface area contributed by atoms with Crippen molar-refractivity contribution in [3.05, 3.63) is 70.3 Å². The highest BCUT2D eigenvalue weighted by atomic mass is 32.1. The number of benzene rings is 1. The van der Waals surface area contributed by atoms with Gasteiger partial charge in [-0.05, 0) is 48.5 Å². The summed E-state index contributed by atoms with van der Waals surface area (Å²) in [4.78, 5) is 25.5. The minimum atomic E-state index is -0.322. The van der Waals surface area contributed by atoms with Gasteiger partial charge in [-0.1, -0.05) is 0 Å². The van der Waals surface area contributed by atoms with Gasteiger partial charge in [0, 0.05) is 10.6 Å². The molecule has 2 heterocycles. The lowest BCUT2D eigenvalue weighted by Crippen LogP contribution is -2.27. The summed E-state index contributed by atoms with van der Waals surface area (Å²) in [5.41, 5.74) is 0.665. The van der Waals surface area contributed by atoms with Crippen LogP contribution in [-0.4, -0.2) is 18.9 Å². The Morgan fingerprint density at radius 3 is 2.60 bits per heavy atom. The van der Waals surface area contributed by atoms with Gasteiger partial charge in [-0.25, -0.2) is 4.79 Å². The van der Waals surface area contributed by atoms with Crippen LogP contribution in [0.5, 0.6) is 5.75 Å². The van der Waals surface area contributed by atoms with Crippen molar-refractivity contribution in [3.63, 3.8) is 0 Å². The Bertz CT molecular complexity index is 854. The Morgan fingerprint density at radius 2 is 1.92 bits per heavy atom. The highest BCUT2D eigenvalue weighted by molar-refractivity contribution is 7.14. The number of ketones is 1. The van der Waals surface area contributed by atoms with E-state index in [-0.39, 0.29) is 11.8 Å². The maximum Gasteiger partial charge on any atom is 0.319 e. The van der Waals surface area contributed by atoms with Crippen LogP contribution in [0.15, 0.2) is 59.2 Å². The van der Waals surface area contributed by atoms with Gasteiger partial charge in [-0.15, -0.1) is 11.3 Å². The highest BCUT2D eigenvalue weighted by Crippen LogP contribution is 2.20. The minimum absolute atomic E-state index is 0.163. The van der Waals surface area contributed by atoms with Gasteiger partial charge in [-0.3, -0.25) is 4.79 Å². The molecule has 0 aliphatic rings. The topological polar surface area (TPSA) is 80.6 Å². The molecule has 1 aromatic carbocycles. The van der Waals surface area contributed by atoms with Gasteiger partial charge >= 0.3 is 6.03 Å². The molecule has 0 fully saturated rings. The molecule has 0 saturated heterocycles. The van der Waals surface area contributed by atoms with Crippen molar-refractivity contribution in [2.75, 3.05) is 12.4 Å². The third-order valence-electron chi connectivity index (χ3n) is 3.40. The van der Waals surface area contributed by atoms with E-state index >= 15 is 0 Å². The Morgan fingerprint density at radius 1 is 1.12 bits per heavy atom. The maximum atomic E-state index is 12.2. The molecule has 0 unspecified atom stereocenters. The second-order valence-corrected chi connectivity index (χ2v) is 6.28. The highest BCUT2D eigenvalue weighted by Gasteiger charge is 2.14. The fraction of sp³-hybridized carbons (Fsp3) is 0.111. The summed E-state index contributed by atoms with van der Waals surface area (Å²) in [5, 5.41) is 5.49. The molecule has 0 aliphatic heterocycles. The van der Waals surface area contributed by atoms with Gasteiger partial charge in [0.1, 0.15) is 5.75 Å². The summed E-state index contributed by atoms with van der Waals surface area (Å²) in [5.74, 6) is 0.862. The number of ether oxygens (including phenoxy) is 1. The molecular formula is C18H16N2O4S. The summed E-state index contributed by atoms with van der Waals surface area (Å²) >= 11 is 1.32. The number of furan rings is 1. The van der Waals surface area contributed by atoms with Crippen molar-refractivity contribution < 1.29 is 18.7 Å². The predicted molar refractivity (Wildman–Crippen MR) is 95.3 cm³/mol. The second-order valence-electron chi connectivity index (χ2n) is 5.11. The van der Waals surface area contributed by atoms with Crippen molar-refractivity contribution in [2.24, 2.45) is 0 Å². The molecule has 0 aliphatic carbocycles. The molecule has 3 aromatic rings. The van der Waals surface area contributed by atoms with Gasteiger partial charge in [-0.2, -0.15) is 0 Å². The van der Waals surface area contributed by atoms with Crippen molar-refractivity contribution >= 4 is 28.8 Å². The zero-order chi connectivity index (χ0) is 17.6. The molecule has 128 valence electrons. The van der Waals surface area contributed by atoms with Crippen LogP contribution in [-0.2, 0) is 6.54 Å². The van der Waals surface area contributed by atoms with E-state index in [1.165, 1.54) is 17.6 Å². The summed E-state index contributed by atoms with van der Waals surface area (Å²) in [6, 6.07) is 13.6. The van der Waals surface area contributed by atoms with Gasteiger partial charge < -0.3 is 19.8 Å². The van der Waals surface area contributed by atoms with Crippen molar-refractivity contribution in [1.29, 1.82) is 0 Å².